The van der Waals surface area contributed by atoms with Crippen molar-refractivity contribution < 1.29 is 4.39 Å². The van der Waals surface area contributed by atoms with Crippen molar-refractivity contribution in [3.8, 4) is 0 Å². The van der Waals surface area contributed by atoms with Gasteiger partial charge in [0, 0.05) is 11.6 Å². The minimum absolute atomic E-state index is 0.0247. The highest BCUT2D eigenvalue weighted by Gasteiger charge is 2.35. The maximum absolute atomic E-state index is 13.1. The van der Waals surface area contributed by atoms with Gasteiger partial charge in [0.25, 0.3) is 0 Å². The van der Waals surface area contributed by atoms with Crippen LogP contribution in [0, 0.1) is 5.82 Å². The number of nitrogens with one attached hydrogen (secondary N) is 1. The number of rotatable bonds is 4. The topological polar surface area (TPSA) is 15.3 Å². The molecule has 1 aliphatic heterocycles. The van der Waals surface area contributed by atoms with Crippen LogP contribution in [0.15, 0.2) is 24.3 Å². The van der Waals surface area contributed by atoms with Crippen LogP contribution in [0.4, 0.5) is 4.39 Å². The van der Waals surface area contributed by atoms with Crippen molar-refractivity contribution in [2.75, 3.05) is 20.1 Å². The molecule has 1 saturated heterocycles. The van der Waals surface area contributed by atoms with Crippen LogP contribution in [-0.2, 0) is 0 Å². The van der Waals surface area contributed by atoms with E-state index in [9.17, 15) is 4.39 Å². The highest BCUT2D eigenvalue weighted by Crippen LogP contribution is 2.32. The van der Waals surface area contributed by atoms with Crippen molar-refractivity contribution in [3.05, 3.63) is 35.6 Å². The van der Waals surface area contributed by atoms with E-state index in [1.807, 2.05) is 19.2 Å². The minimum atomic E-state index is -0.170. The molecule has 20 heavy (non-hydrogen) atoms. The number of benzene rings is 1. The van der Waals surface area contributed by atoms with Gasteiger partial charge in [0.15, 0.2) is 0 Å². The summed E-state index contributed by atoms with van der Waals surface area (Å²) in [5, 5.41) is 3.43. The first-order valence-corrected chi connectivity index (χ1v) is 7.73. The number of likely N-dealkylation sites (tertiary alicyclic amines) is 1. The molecule has 0 bridgehead atoms. The average molecular weight is 278 g/mol. The molecule has 1 aromatic rings. The lowest BCUT2D eigenvalue weighted by Gasteiger charge is -2.44. The number of hydrogen-bond donors (Lipinski definition) is 1. The second-order valence-corrected chi connectivity index (χ2v) is 6.33. The third-order valence-corrected chi connectivity index (χ3v) is 4.62. The Kier molecular flexibility index (Phi) is 5.17. The normalized spacial score (nSPS) is 19.6. The van der Waals surface area contributed by atoms with E-state index in [0.29, 0.717) is 0 Å². The molecular weight excluding hydrogens is 251 g/mol. The summed E-state index contributed by atoms with van der Waals surface area (Å²) in [6, 6.07) is 7.11. The van der Waals surface area contributed by atoms with Gasteiger partial charge < -0.3 is 5.32 Å². The Bertz CT molecular complexity index is 406. The first-order valence-electron chi connectivity index (χ1n) is 7.73. The van der Waals surface area contributed by atoms with E-state index in [2.05, 4.69) is 24.1 Å². The molecule has 112 valence electrons. The molecule has 0 spiro atoms. The van der Waals surface area contributed by atoms with E-state index >= 15 is 0 Å². The SMILES string of the molecule is CNC(c1ccc(F)cc1)C(C)(C)N1CCCCCC1. The molecule has 1 fully saturated rings. The number of hydrogen-bond acceptors (Lipinski definition) is 2. The smallest absolute Gasteiger partial charge is 0.123 e. The standard InChI is InChI=1S/C17H27FN2/c1-17(2,20-12-6-4-5-7-13-20)16(19-3)14-8-10-15(18)11-9-14/h8-11,16,19H,4-7,12-13H2,1-3H3. The van der Waals surface area contributed by atoms with Crippen LogP contribution in [0.1, 0.15) is 51.1 Å². The zero-order valence-corrected chi connectivity index (χ0v) is 13.0. The van der Waals surface area contributed by atoms with Crippen molar-refractivity contribution in [1.82, 2.24) is 10.2 Å². The molecule has 0 radical (unpaired) electrons. The summed E-state index contributed by atoms with van der Waals surface area (Å²) in [4.78, 5) is 2.59. The van der Waals surface area contributed by atoms with Gasteiger partial charge in [-0.05, 0) is 64.5 Å². The van der Waals surface area contributed by atoms with Gasteiger partial charge in [-0.15, -0.1) is 0 Å². The number of likely N-dealkylation sites (N-methyl/N-ethyl adjacent to an activating group) is 1. The molecule has 3 heteroatoms. The van der Waals surface area contributed by atoms with Crippen molar-refractivity contribution in [3.63, 3.8) is 0 Å². The molecule has 1 atom stereocenters. The Balaban J connectivity index is 2.21. The summed E-state index contributed by atoms with van der Waals surface area (Å²) in [6.07, 6.45) is 5.24. The molecular formula is C17H27FN2. The van der Waals surface area contributed by atoms with E-state index < -0.39 is 0 Å². The second kappa shape index (κ2) is 6.68. The van der Waals surface area contributed by atoms with Crippen LogP contribution in [0.2, 0.25) is 0 Å². The van der Waals surface area contributed by atoms with Gasteiger partial charge in [0.05, 0.1) is 0 Å². The van der Waals surface area contributed by atoms with Crippen molar-refractivity contribution >= 4 is 0 Å². The molecule has 0 amide bonds. The summed E-state index contributed by atoms with van der Waals surface area (Å²) in [5.74, 6) is -0.170. The largest absolute Gasteiger partial charge is 0.311 e. The fraction of sp³-hybridized carbons (Fsp3) is 0.647. The van der Waals surface area contributed by atoms with Crippen molar-refractivity contribution in [2.24, 2.45) is 0 Å². The average Bonchev–Trinajstić information content (AvgIpc) is 2.71. The van der Waals surface area contributed by atoms with Crippen LogP contribution in [0.25, 0.3) is 0 Å². The molecule has 0 aromatic heterocycles. The first-order chi connectivity index (χ1) is 9.55. The third-order valence-electron chi connectivity index (χ3n) is 4.62. The van der Waals surface area contributed by atoms with Crippen molar-refractivity contribution in [2.45, 2.75) is 51.1 Å². The van der Waals surface area contributed by atoms with E-state index in [1.54, 1.807) is 12.1 Å². The molecule has 1 N–H and O–H groups in total. The predicted molar refractivity (Wildman–Crippen MR) is 82.3 cm³/mol. The van der Waals surface area contributed by atoms with Crippen LogP contribution in [0.3, 0.4) is 0 Å². The number of nitrogens with zero attached hydrogens (tertiary/aromatic N) is 1. The molecule has 2 rings (SSSR count). The second-order valence-electron chi connectivity index (χ2n) is 6.33. The van der Waals surface area contributed by atoms with Crippen LogP contribution in [0.5, 0.6) is 0 Å². The maximum Gasteiger partial charge on any atom is 0.123 e. The molecule has 1 aromatic carbocycles. The van der Waals surface area contributed by atoms with Crippen LogP contribution >= 0.6 is 0 Å². The minimum Gasteiger partial charge on any atom is -0.311 e. The molecule has 0 saturated carbocycles. The maximum atomic E-state index is 13.1. The summed E-state index contributed by atoms with van der Waals surface area (Å²) >= 11 is 0. The Morgan fingerprint density at radius 1 is 1.05 bits per heavy atom. The van der Waals surface area contributed by atoms with Crippen molar-refractivity contribution in [1.29, 1.82) is 0 Å². The zero-order chi connectivity index (χ0) is 14.6. The summed E-state index contributed by atoms with van der Waals surface area (Å²) in [5.41, 5.74) is 1.18. The molecule has 0 aliphatic carbocycles. The lowest BCUT2D eigenvalue weighted by atomic mass is 9.86. The number of halogens is 1. The fourth-order valence-electron chi connectivity index (χ4n) is 3.41. The molecule has 1 aliphatic rings. The fourth-order valence-corrected chi connectivity index (χ4v) is 3.41. The lowest BCUT2D eigenvalue weighted by molar-refractivity contribution is 0.0864. The molecule has 2 nitrogen and oxygen atoms in total. The Labute approximate surface area is 122 Å². The summed E-state index contributed by atoms with van der Waals surface area (Å²) in [7, 11) is 1.99. The quantitative estimate of drug-likeness (QED) is 0.902. The van der Waals surface area contributed by atoms with Gasteiger partial charge in [-0.3, -0.25) is 4.90 Å². The highest BCUT2D eigenvalue weighted by atomic mass is 19.1. The molecule has 1 unspecified atom stereocenters. The summed E-state index contributed by atoms with van der Waals surface area (Å²) < 4.78 is 13.1. The van der Waals surface area contributed by atoms with Crippen LogP contribution < -0.4 is 5.32 Å². The van der Waals surface area contributed by atoms with E-state index in [0.717, 1.165) is 18.7 Å². The van der Waals surface area contributed by atoms with Crippen LogP contribution in [-0.4, -0.2) is 30.6 Å². The monoisotopic (exact) mass is 278 g/mol. The van der Waals surface area contributed by atoms with Gasteiger partial charge in [0.1, 0.15) is 5.82 Å². The third kappa shape index (κ3) is 3.39. The first kappa shape index (κ1) is 15.5. The highest BCUT2D eigenvalue weighted by molar-refractivity contribution is 5.23. The Morgan fingerprint density at radius 3 is 2.10 bits per heavy atom. The van der Waals surface area contributed by atoms with Gasteiger partial charge in [0.2, 0.25) is 0 Å². The Hall–Kier alpha value is -0.930. The Morgan fingerprint density at radius 2 is 1.60 bits per heavy atom. The van der Waals surface area contributed by atoms with E-state index in [4.69, 9.17) is 0 Å². The lowest BCUT2D eigenvalue weighted by Crippen LogP contribution is -2.52. The van der Waals surface area contributed by atoms with Gasteiger partial charge in [-0.25, -0.2) is 4.39 Å². The zero-order valence-electron chi connectivity index (χ0n) is 13.0. The van der Waals surface area contributed by atoms with Gasteiger partial charge in [-0.2, -0.15) is 0 Å². The van der Waals surface area contributed by atoms with E-state index in [1.165, 1.54) is 25.7 Å². The summed E-state index contributed by atoms with van der Waals surface area (Å²) in [6.45, 7) is 6.91. The van der Waals surface area contributed by atoms with Gasteiger partial charge in [-0.1, -0.05) is 25.0 Å². The van der Waals surface area contributed by atoms with E-state index in [-0.39, 0.29) is 17.4 Å². The van der Waals surface area contributed by atoms with Gasteiger partial charge >= 0.3 is 0 Å². The molecule has 1 heterocycles. The predicted octanol–water partition coefficient (Wildman–Crippen LogP) is 3.74.